The zero-order chi connectivity index (χ0) is 29.7. The van der Waals surface area contributed by atoms with Crippen LogP contribution in [-0.4, -0.2) is 44.1 Å². The number of ether oxygens (including phenoxy) is 5. The predicted molar refractivity (Wildman–Crippen MR) is 158 cm³/mol. The second kappa shape index (κ2) is 12.9. The minimum atomic E-state index is -0.779. The van der Waals surface area contributed by atoms with Crippen LogP contribution in [0.4, 0.5) is 0 Å². The third-order valence-electron chi connectivity index (χ3n) is 6.23. The molecule has 216 valence electrons. The van der Waals surface area contributed by atoms with Crippen LogP contribution in [0, 0.1) is 0 Å². The lowest BCUT2D eigenvalue weighted by Gasteiger charge is -2.25. The van der Waals surface area contributed by atoms with Gasteiger partial charge in [-0.05, 0) is 69.2 Å². The number of allylic oxidation sites excluding steroid dienone is 1. The highest BCUT2D eigenvalue weighted by atomic mass is 32.1. The van der Waals surface area contributed by atoms with E-state index in [9.17, 15) is 9.59 Å². The molecule has 1 aliphatic heterocycles. The number of methoxy groups -OCH3 is 2. The molecule has 1 aliphatic rings. The molecule has 1 aromatic heterocycles. The molecule has 9 nitrogen and oxygen atoms in total. The maximum absolute atomic E-state index is 13.9. The van der Waals surface area contributed by atoms with Gasteiger partial charge >= 0.3 is 5.97 Å². The Labute approximate surface area is 242 Å². The summed E-state index contributed by atoms with van der Waals surface area (Å²) < 4.78 is 30.0. The van der Waals surface area contributed by atoms with Gasteiger partial charge in [0.1, 0.15) is 6.61 Å². The van der Waals surface area contributed by atoms with Crippen LogP contribution >= 0.6 is 11.3 Å². The fourth-order valence-corrected chi connectivity index (χ4v) is 5.55. The lowest BCUT2D eigenvalue weighted by Crippen LogP contribution is -2.40. The zero-order valence-corrected chi connectivity index (χ0v) is 24.9. The van der Waals surface area contributed by atoms with Crippen molar-refractivity contribution in [3.05, 3.63) is 91.1 Å². The highest BCUT2D eigenvalue weighted by Gasteiger charge is 2.34. The normalized spacial score (nSPS) is 14.8. The Kier molecular flexibility index (Phi) is 9.34. The topological polar surface area (TPSA) is 97.6 Å². The fourth-order valence-electron chi connectivity index (χ4n) is 4.51. The molecule has 0 N–H and O–H groups in total. The number of hydrogen-bond acceptors (Lipinski definition) is 9. The Morgan fingerprint density at radius 2 is 1.80 bits per heavy atom. The van der Waals surface area contributed by atoms with Crippen molar-refractivity contribution in [1.29, 1.82) is 0 Å². The molecule has 0 aliphatic carbocycles. The van der Waals surface area contributed by atoms with Gasteiger partial charge in [-0.3, -0.25) is 9.36 Å². The molecule has 0 amide bonds. The summed E-state index contributed by atoms with van der Waals surface area (Å²) in [5, 5.41) is 0. The minimum Gasteiger partial charge on any atom is -0.493 e. The number of hydrogen-bond donors (Lipinski definition) is 0. The van der Waals surface area contributed by atoms with E-state index in [1.807, 2.05) is 26.0 Å². The van der Waals surface area contributed by atoms with Gasteiger partial charge in [-0.2, -0.15) is 0 Å². The Balaban J connectivity index is 1.89. The monoisotopic (exact) mass is 578 g/mol. The van der Waals surface area contributed by atoms with E-state index in [0.29, 0.717) is 50.2 Å². The standard InChI is InChI=1S/C31H34N2O7S/c1-8-14-39-22-12-10-20(15-24(22)36-6)16-26-29(34)33-28(21-11-13-23(40-18(3)4)25(17-21)37-7)27(30(35)38-9-2)19(5)32-31(33)41-26/h8,10-13,15-18,28H,1,9,14H2,2-7H3/b26-16-/t28-/m0/s1. The summed E-state index contributed by atoms with van der Waals surface area (Å²) >= 11 is 1.24. The lowest BCUT2D eigenvalue weighted by molar-refractivity contribution is -0.139. The summed E-state index contributed by atoms with van der Waals surface area (Å²) in [6, 6.07) is 10.0. The van der Waals surface area contributed by atoms with Gasteiger partial charge < -0.3 is 23.7 Å². The predicted octanol–water partition coefficient (Wildman–Crippen LogP) is 4.17. The third-order valence-corrected chi connectivity index (χ3v) is 7.21. The highest BCUT2D eigenvalue weighted by Crippen LogP contribution is 2.36. The zero-order valence-electron chi connectivity index (χ0n) is 24.1. The highest BCUT2D eigenvalue weighted by molar-refractivity contribution is 7.07. The molecule has 0 unspecified atom stereocenters. The first kappa shape index (κ1) is 29.7. The molecular weight excluding hydrogens is 544 g/mol. The van der Waals surface area contributed by atoms with Crippen molar-refractivity contribution in [1.82, 2.24) is 4.57 Å². The summed E-state index contributed by atoms with van der Waals surface area (Å²) in [6.07, 6.45) is 3.35. The molecule has 2 heterocycles. The van der Waals surface area contributed by atoms with Crippen LogP contribution in [0.15, 0.2) is 70.1 Å². The first-order chi connectivity index (χ1) is 19.7. The maximum Gasteiger partial charge on any atom is 0.338 e. The van der Waals surface area contributed by atoms with Crippen molar-refractivity contribution in [3.8, 4) is 23.0 Å². The molecule has 2 aromatic carbocycles. The average molecular weight is 579 g/mol. The van der Waals surface area contributed by atoms with Gasteiger partial charge in [0.25, 0.3) is 5.56 Å². The number of carbonyl (C=O) groups is 1. The van der Waals surface area contributed by atoms with E-state index in [1.165, 1.54) is 15.9 Å². The van der Waals surface area contributed by atoms with E-state index in [2.05, 4.69) is 11.6 Å². The van der Waals surface area contributed by atoms with E-state index < -0.39 is 12.0 Å². The Morgan fingerprint density at radius 3 is 2.46 bits per heavy atom. The molecule has 1 atom stereocenters. The molecule has 3 aromatic rings. The van der Waals surface area contributed by atoms with Crippen molar-refractivity contribution in [3.63, 3.8) is 0 Å². The van der Waals surface area contributed by atoms with Crippen molar-refractivity contribution in [2.24, 2.45) is 4.99 Å². The Bertz CT molecular complexity index is 1670. The molecule has 0 saturated heterocycles. The molecular formula is C31H34N2O7S. The molecule has 0 fully saturated rings. The van der Waals surface area contributed by atoms with E-state index >= 15 is 0 Å². The van der Waals surface area contributed by atoms with Gasteiger partial charge in [0.15, 0.2) is 27.8 Å². The van der Waals surface area contributed by atoms with Gasteiger partial charge in [-0.25, -0.2) is 9.79 Å². The summed E-state index contributed by atoms with van der Waals surface area (Å²) in [4.78, 5) is 32.3. The van der Waals surface area contributed by atoms with Crippen LogP contribution in [0.3, 0.4) is 0 Å². The van der Waals surface area contributed by atoms with Crippen LogP contribution < -0.4 is 33.8 Å². The van der Waals surface area contributed by atoms with E-state index in [-0.39, 0.29) is 23.8 Å². The summed E-state index contributed by atoms with van der Waals surface area (Å²) in [5.74, 6) is 1.62. The molecule has 4 rings (SSSR count). The van der Waals surface area contributed by atoms with Crippen LogP contribution in [0.2, 0.25) is 0 Å². The van der Waals surface area contributed by atoms with E-state index in [1.54, 1.807) is 64.5 Å². The number of fused-ring (bicyclic) bond motifs is 1. The van der Waals surface area contributed by atoms with Gasteiger partial charge in [0.05, 0.1) is 48.8 Å². The largest absolute Gasteiger partial charge is 0.493 e. The van der Waals surface area contributed by atoms with Crippen LogP contribution in [0.25, 0.3) is 6.08 Å². The van der Waals surface area contributed by atoms with Gasteiger partial charge in [-0.15, -0.1) is 0 Å². The average Bonchev–Trinajstić information content (AvgIpc) is 3.25. The number of thiazole rings is 1. The van der Waals surface area contributed by atoms with Crippen molar-refractivity contribution in [2.45, 2.75) is 39.8 Å². The van der Waals surface area contributed by atoms with Crippen molar-refractivity contribution in [2.75, 3.05) is 27.4 Å². The van der Waals surface area contributed by atoms with Gasteiger partial charge in [0, 0.05) is 0 Å². The first-order valence-electron chi connectivity index (χ1n) is 13.2. The maximum atomic E-state index is 13.9. The number of esters is 1. The second-order valence-corrected chi connectivity index (χ2v) is 10.4. The molecule has 0 saturated carbocycles. The summed E-state index contributed by atoms with van der Waals surface area (Å²) in [5.41, 5.74) is 1.88. The van der Waals surface area contributed by atoms with Gasteiger partial charge in [0.2, 0.25) is 0 Å². The fraction of sp³-hybridized carbons (Fsp3) is 0.323. The number of benzene rings is 2. The number of aromatic nitrogens is 1. The minimum absolute atomic E-state index is 0.0640. The Hall–Kier alpha value is -4.31. The molecule has 10 heteroatoms. The Morgan fingerprint density at radius 1 is 1.10 bits per heavy atom. The third kappa shape index (κ3) is 6.22. The SMILES string of the molecule is C=CCOc1ccc(/C=c2\sc3n(c2=O)[C@@H](c2ccc(OC(C)C)c(OC)c2)C(C(=O)OCC)=C(C)N=3)cc1OC. The smallest absolute Gasteiger partial charge is 0.338 e. The number of rotatable bonds is 11. The molecule has 0 spiro atoms. The summed E-state index contributed by atoms with van der Waals surface area (Å²) in [7, 11) is 3.10. The van der Waals surface area contributed by atoms with E-state index in [0.717, 1.165) is 5.56 Å². The second-order valence-electron chi connectivity index (χ2n) is 9.39. The van der Waals surface area contributed by atoms with Crippen molar-refractivity contribution < 1.29 is 28.5 Å². The van der Waals surface area contributed by atoms with E-state index in [4.69, 9.17) is 23.7 Å². The lowest BCUT2D eigenvalue weighted by atomic mass is 9.95. The van der Waals surface area contributed by atoms with Crippen LogP contribution in [-0.2, 0) is 9.53 Å². The van der Waals surface area contributed by atoms with Crippen molar-refractivity contribution >= 4 is 23.4 Å². The molecule has 41 heavy (non-hydrogen) atoms. The first-order valence-corrected chi connectivity index (χ1v) is 14.0. The number of nitrogens with zero attached hydrogens (tertiary/aromatic N) is 2. The van der Waals surface area contributed by atoms with Crippen LogP contribution in [0.1, 0.15) is 44.9 Å². The molecule has 0 radical (unpaired) electrons. The summed E-state index contributed by atoms with van der Waals surface area (Å²) in [6.45, 7) is 11.5. The molecule has 0 bridgehead atoms. The van der Waals surface area contributed by atoms with Gasteiger partial charge in [-0.1, -0.05) is 36.1 Å². The van der Waals surface area contributed by atoms with Crippen LogP contribution in [0.5, 0.6) is 23.0 Å². The number of carbonyl (C=O) groups excluding carboxylic acids is 1. The quantitative estimate of drug-likeness (QED) is 0.249.